The van der Waals surface area contributed by atoms with Crippen molar-refractivity contribution >= 4 is 29.5 Å². The van der Waals surface area contributed by atoms with E-state index < -0.39 is 29.7 Å². The van der Waals surface area contributed by atoms with Crippen molar-refractivity contribution in [1.29, 1.82) is 0 Å². The molecule has 5 rings (SSSR count). The molecule has 0 aliphatic carbocycles. The number of hydrogen-bond donors (Lipinski definition) is 2. The van der Waals surface area contributed by atoms with Crippen LogP contribution in [-0.2, 0) is 27.2 Å². The molecule has 2 aliphatic rings. The largest absolute Gasteiger partial charge is 0.493 e. The van der Waals surface area contributed by atoms with E-state index in [4.69, 9.17) is 18.9 Å². The van der Waals surface area contributed by atoms with Gasteiger partial charge in [-0.3, -0.25) is 34.2 Å². The molecule has 2 N–H and O–H groups in total. The molecule has 1 atom stereocenters. The molecule has 0 saturated carbocycles. The fraction of sp³-hybridized carbons (Fsp3) is 0.452. The highest BCUT2D eigenvalue weighted by Crippen LogP contribution is 2.34. The summed E-state index contributed by atoms with van der Waals surface area (Å²) in [5.41, 5.74) is 2.74. The van der Waals surface area contributed by atoms with Crippen LogP contribution in [0.4, 0.5) is 0 Å². The summed E-state index contributed by atoms with van der Waals surface area (Å²) < 4.78 is 22.4. The lowest BCUT2D eigenvalue weighted by Gasteiger charge is -2.27. The van der Waals surface area contributed by atoms with Crippen molar-refractivity contribution < 1.29 is 42.9 Å². The summed E-state index contributed by atoms with van der Waals surface area (Å²) in [6, 6.07) is 17.8. The second kappa shape index (κ2) is 20.2. The number of methoxy groups -OCH3 is 2. The van der Waals surface area contributed by atoms with E-state index in [1.165, 1.54) is 5.56 Å². The van der Waals surface area contributed by atoms with E-state index in [0.717, 1.165) is 92.6 Å². The summed E-state index contributed by atoms with van der Waals surface area (Å²) in [6.45, 7) is 1.02. The molecule has 288 valence electrons. The van der Waals surface area contributed by atoms with E-state index in [2.05, 4.69) is 22.8 Å². The van der Waals surface area contributed by atoms with Gasteiger partial charge in [-0.25, -0.2) is 0 Å². The molecule has 3 aromatic carbocycles. The van der Waals surface area contributed by atoms with E-state index in [1.54, 1.807) is 32.4 Å². The van der Waals surface area contributed by atoms with Crippen molar-refractivity contribution in [2.45, 2.75) is 89.5 Å². The van der Waals surface area contributed by atoms with Crippen LogP contribution in [0.15, 0.2) is 60.7 Å². The number of rotatable bonds is 22. The molecule has 12 nitrogen and oxygen atoms in total. The summed E-state index contributed by atoms with van der Waals surface area (Å²) >= 11 is 0. The molecule has 0 aromatic heterocycles. The van der Waals surface area contributed by atoms with Gasteiger partial charge < -0.3 is 24.3 Å². The Morgan fingerprint density at radius 2 is 1.44 bits per heavy atom. The Hall–Kier alpha value is -5.39. The Balaban J connectivity index is 0.879. The van der Waals surface area contributed by atoms with Gasteiger partial charge in [0.2, 0.25) is 11.8 Å². The average Bonchev–Trinajstić information content (AvgIpc) is 3.43. The number of hydrogen-bond acceptors (Lipinski definition) is 9. The highest BCUT2D eigenvalue weighted by molar-refractivity contribution is 6.24. The normalized spacial score (nSPS) is 15.1. The van der Waals surface area contributed by atoms with Crippen molar-refractivity contribution in [2.75, 3.05) is 34.0 Å². The number of piperidine rings is 1. The van der Waals surface area contributed by atoms with Crippen LogP contribution in [0.1, 0.15) is 102 Å². The topological polar surface area (TPSA) is 150 Å². The van der Waals surface area contributed by atoms with Gasteiger partial charge in [-0.05, 0) is 86.1 Å². The summed E-state index contributed by atoms with van der Waals surface area (Å²) in [4.78, 5) is 63.4. The van der Waals surface area contributed by atoms with E-state index in [-0.39, 0.29) is 36.5 Å². The number of nitrogens with zero attached hydrogens (tertiary/aromatic N) is 1. The van der Waals surface area contributed by atoms with Gasteiger partial charge in [0.25, 0.3) is 17.7 Å². The highest BCUT2D eigenvalue weighted by atomic mass is 16.5. The third kappa shape index (κ3) is 10.8. The molecule has 3 aromatic rings. The maximum Gasteiger partial charge on any atom is 0.266 e. The van der Waals surface area contributed by atoms with Crippen LogP contribution in [0.5, 0.6) is 23.0 Å². The Bertz CT molecular complexity index is 1790. The molecule has 0 spiro atoms. The lowest BCUT2D eigenvalue weighted by atomic mass is 10.0. The van der Waals surface area contributed by atoms with E-state index in [9.17, 15) is 24.0 Å². The predicted molar refractivity (Wildman–Crippen MR) is 202 cm³/mol. The number of aryl methyl sites for hydroxylation is 2. The first-order chi connectivity index (χ1) is 26.3. The minimum absolute atomic E-state index is 0.0131. The van der Waals surface area contributed by atoms with Crippen LogP contribution >= 0.6 is 0 Å². The number of ether oxygens (including phenoxy) is 4. The average molecular weight is 742 g/mol. The standard InChI is InChI=1S/C42H51N3O9/c1-51-34-22-20-30(27-36(34)52-2)15-11-14-29-16-12-17-31(26-29)54-28-38(47)43-24-9-7-5-3-4-6-8-10-25-53-35-19-13-18-32-39(35)42(50)45(41(32)49)33-21-23-37(46)44-40(33)48/h12-13,16-20,22,26-27,33H,3-11,14-15,21,23-25,28H2,1-2H3,(H,43,47)(H,44,46,48). The molecule has 2 aliphatic heterocycles. The number of nitrogens with one attached hydrogen (secondary N) is 2. The van der Waals surface area contributed by atoms with Crippen LogP contribution in [0.3, 0.4) is 0 Å². The minimum atomic E-state index is -1.00. The van der Waals surface area contributed by atoms with E-state index >= 15 is 0 Å². The Morgan fingerprint density at radius 3 is 2.19 bits per heavy atom. The van der Waals surface area contributed by atoms with E-state index in [1.807, 2.05) is 30.3 Å². The number of unbranched alkanes of at least 4 members (excludes halogenated alkanes) is 7. The smallest absolute Gasteiger partial charge is 0.266 e. The van der Waals surface area contributed by atoms with Crippen LogP contribution in [0.25, 0.3) is 0 Å². The zero-order valence-electron chi connectivity index (χ0n) is 31.3. The lowest BCUT2D eigenvalue weighted by Crippen LogP contribution is -2.54. The van der Waals surface area contributed by atoms with Gasteiger partial charge in [0.05, 0.1) is 32.0 Å². The van der Waals surface area contributed by atoms with E-state index in [0.29, 0.717) is 24.7 Å². The second-order valence-electron chi connectivity index (χ2n) is 13.6. The van der Waals surface area contributed by atoms with Crippen molar-refractivity contribution in [2.24, 2.45) is 0 Å². The van der Waals surface area contributed by atoms with Crippen molar-refractivity contribution in [1.82, 2.24) is 15.5 Å². The van der Waals surface area contributed by atoms with Crippen LogP contribution in [0, 0.1) is 0 Å². The molecule has 1 fully saturated rings. The Morgan fingerprint density at radius 1 is 0.741 bits per heavy atom. The van der Waals surface area contributed by atoms with Gasteiger partial charge >= 0.3 is 0 Å². The summed E-state index contributed by atoms with van der Waals surface area (Å²) in [7, 11) is 3.27. The lowest BCUT2D eigenvalue weighted by molar-refractivity contribution is -0.136. The molecular weight excluding hydrogens is 690 g/mol. The summed E-state index contributed by atoms with van der Waals surface area (Å²) in [5, 5.41) is 5.16. The number of imide groups is 2. The number of carbonyl (C=O) groups is 5. The minimum Gasteiger partial charge on any atom is -0.493 e. The number of amides is 5. The van der Waals surface area contributed by atoms with Crippen molar-refractivity contribution in [3.05, 3.63) is 82.9 Å². The highest BCUT2D eigenvalue weighted by Gasteiger charge is 2.46. The van der Waals surface area contributed by atoms with Crippen LogP contribution in [-0.4, -0.2) is 74.5 Å². The van der Waals surface area contributed by atoms with Crippen LogP contribution < -0.4 is 29.6 Å². The number of carbonyl (C=O) groups excluding carboxylic acids is 5. The Labute approximate surface area is 316 Å². The van der Waals surface area contributed by atoms with Crippen molar-refractivity contribution in [3.63, 3.8) is 0 Å². The molecular formula is C42H51N3O9. The monoisotopic (exact) mass is 741 g/mol. The molecule has 2 heterocycles. The first kappa shape index (κ1) is 39.8. The zero-order valence-corrected chi connectivity index (χ0v) is 31.3. The number of fused-ring (bicyclic) bond motifs is 1. The third-order valence-corrected chi connectivity index (χ3v) is 9.73. The third-order valence-electron chi connectivity index (χ3n) is 9.73. The molecule has 54 heavy (non-hydrogen) atoms. The molecule has 0 bridgehead atoms. The zero-order chi connectivity index (χ0) is 38.3. The maximum absolute atomic E-state index is 13.2. The molecule has 1 unspecified atom stereocenters. The van der Waals surface area contributed by atoms with Gasteiger partial charge in [-0.15, -0.1) is 0 Å². The Kier molecular flexibility index (Phi) is 14.9. The first-order valence-electron chi connectivity index (χ1n) is 19.0. The molecule has 5 amide bonds. The van der Waals surface area contributed by atoms with Gasteiger partial charge in [0, 0.05) is 13.0 Å². The fourth-order valence-corrected chi connectivity index (χ4v) is 6.83. The SMILES string of the molecule is COc1ccc(CCCc2cccc(OCC(=O)NCCCCCCCCCCOc3cccc4c3C(=O)N(C3CCC(=O)NC3=O)C4=O)c2)cc1OC. The van der Waals surface area contributed by atoms with Gasteiger partial charge in [-0.2, -0.15) is 0 Å². The predicted octanol–water partition coefficient (Wildman–Crippen LogP) is 5.98. The number of benzene rings is 3. The second-order valence-corrected chi connectivity index (χ2v) is 13.6. The van der Waals surface area contributed by atoms with Gasteiger partial charge in [0.1, 0.15) is 17.5 Å². The maximum atomic E-state index is 13.2. The van der Waals surface area contributed by atoms with Crippen molar-refractivity contribution in [3.8, 4) is 23.0 Å². The molecule has 12 heteroatoms. The fourth-order valence-electron chi connectivity index (χ4n) is 6.83. The van der Waals surface area contributed by atoms with Gasteiger partial charge in [0.15, 0.2) is 18.1 Å². The van der Waals surface area contributed by atoms with Crippen LogP contribution in [0.2, 0.25) is 0 Å². The first-order valence-corrected chi connectivity index (χ1v) is 19.0. The summed E-state index contributed by atoms with van der Waals surface area (Å²) in [5.74, 6) is 0.205. The summed E-state index contributed by atoms with van der Waals surface area (Å²) in [6.07, 6.45) is 11.1. The molecule has 0 radical (unpaired) electrons. The van der Waals surface area contributed by atoms with Gasteiger partial charge in [-0.1, -0.05) is 62.8 Å². The molecule has 1 saturated heterocycles. The quantitative estimate of drug-likeness (QED) is 0.0938.